The third-order valence-electron chi connectivity index (χ3n) is 5.14. The normalized spacial score (nSPS) is 15.7. The van der Waals surface area contributed by atoms with Gasteiger partial charge in [0.15, 0.2) is 10.7 Å². The second-order valence-corrected chi connectivity index (χ2v) is 8.94. The van der Waals surface area contributed by atoms with Crippen molar-refractivity contribution in [3.8, 4) is 0 Å². The quantitative estimate of drug-likeness (QED) is 0.323. The van der Waals surface area contributed by atoms with E-state index in [1.54, 1.807) is 13.0 Å². The molecule has 1 amide bonds. The van der Waals surface area contributed by atoms with Crippen LogP contribution in [0, 0.1) is 0 Å². The fraction of sp³-hybridized carbons (Fsp3) is 0.130. The van der Waals surface area contributed by atoms with Crippen molar-refractivity contribution in [3.63, 3.8) is 0 Å². The molecular formula is C23H19ClN6O3S. The monoisotopic (exact) mass is 494 g/mol. The second kappa shape index (κ2) is 9.26. The number of allylic oxidation sites excluding steroid dienone is 1. The van der Waals surface area contributed by atoms with Gasteiger partial charge in [-0.25, -0.2) is 9.98 Å². The predicted octanol–water partition coefficient (Wildman–Crippen LogP) is 4.46. The van der Waals surface area contributed by atoms with Crippen LogP contribution >= 0.6 is 22.9 Å². The van der Waals surface area contributed by atoms with E-state index in [0.29, 0.717) is 48.9 Å². The van der Waals surface area contributed by atoms with Crippen molar-refractivity contribution in [1.82, 2.24) is 15.3 Å². The van der Waals surface area contributed by atoms with Crippen molar-refractivity contribution in [2.45, 2.75) is 19.6 Å². The molecule has 0 aliphatic carbocycles. The summed E-state index contributed by atoms with van der Waals surface area (Å²) in [6.07, 6.45) is 1.52. The molecule has 0 saturated carbocycles. The highest BCUT2D eigenvalue weighted by atomic mass is 35.5. The van der Waals surface area contributed by atoms with Crippen LogP contribution in [0.3, 0.4) is 0 Å². The Balaban J connectivity index is 1.48. The van der Waals surface area contributed by atoms with Crippen LogP contribution in [0.4, 0.5) is 11.1 Å². The molecule has 0 saturated heterocycles. The number of para-hydroxylation sites is 2. The lowest BCUT2D eigenvalue weighted by Crippen LogP contribution is -2.37. The number of aliphatic hydroxyl groups excluding tert-OH is 1. The number of carbonyl (C=O) groups is 1. The van der Waals surface area contributed by atoms with E-state index in [0.717, 1.165) is 0 Å². The van der Waals surface area contributed by atoms with E-state index < -0.39 is 6.04 Å². The number of rotatable bonds is 5. The smallest absolute Gasteiger partial charge is 0.302 e. The van der Waals surface area contributed by atoms with Crippen molar-refractivity contribution in [2.24, 2.45) is 4.99 Å². The Kier molecular flexibility index (Phi) is 6.01. The number of oxazole rings is 1. The third-order valence-corrected chi connectivity index (χ3v) is 6.38. The number of aliphatic imine (C=N–C) groups is 1. The van der Waals surface area contributed by atoms with Crippen LogP contribution in [0.2, 0.25) is 5.02 Å². The van der Waals surface area contributed by atoms with Gasteiger partial charge in [0.05, 0.1) is 17.1 Å². The number of aromatic nitrogens is 2. The standard InChI is InChI=1S/C23H19ClN6O3S/c1-12-18(20(32)29-23-25-10-13(11-31)34-23)19(14-6-2-3-7-15(14)24)28-21(26-12)30-22-27-16-8-4-5-9-17(16)33-22/h2-10,19,31H,11H2,1H3,(H,25,29,32)(H2,26,27,28,30). The first-order valence-electron chi connectivity index (χ1n) is 10.3. The maximum atomic E-state index is 13.3. The van der Waals surface area contributed by atoms with Crippen LogP contribution in [-0.2, 0) is 11.4 Å². The van der Waals surface area contributed by atoms with Crippen LogP contribution in [0.25, 0.3) is 11.1 Å². The van der Waals surface area contributed by atoms with E-state index >= 15 is 0 Å². The molecule has 1 unspecified atom stereocenters. The van der Waals surface area contributed by atoms with Crippen molar-refractivity contribution >= 4 is 57.1 Å². The van der Waals surface area contributed by atoms with E-state index in [1.165, 1.54) is 17.5 Å². The highest BCUT2D eigenvalue weighted by Crippen LogP contribution is 2.35. The van der Waals surface area contributed by atoms with Gasteiger partial charge in [0.25, 0.3) is 5.91 Å². The molecule has 34 heavy (non-hydrogen) atoms. The number of thiazole rings is 1. The van der Waals surface area contributed by atoms with Gasteiger partial charge in [-0.3, -0.25) is 15.4 Å². The van der Waals surface area contributed by atoms with Gasteiger partial charge in [0, 0.05) is 22.5 Å². The summed E-state index contributed by atoms with van der Waals surface area (Å²) in [7, 11) is 0. The molecule has 0 fully saturated rings. The number of carbonyl (C=O) groups excluding carboxylic acids is 1. The minimum Gasteiger partial charge on any atom is -0.423 e. The van der Waals surface area contributed by atoms with Gasteiger partial charge >= 0.3 is 6.01 Å². The molecule has 3 heterocycles. The van der Waals surface area contributed by atoms with Gasteiger partial charge in [0.1, 0.15) is 11.6 Å². The zero-order valence-electron chi connectivity index (χ0n) is 17.9. The predicted molar refractivity (Wildman–Crippen MR) is 132 cm³/mol. The number of anilines is 2. The van der Waals surface area contributed by atoms with Crippen LogP contribution in [0.1, 0.15) is 23.4 Å². The molecule has 2 aromatic heterocycles. The molecule has 1 atom stereocenters. The van der Waals surface area contributed by atoms with Gasteiger partial charge < -0.3 is 14.8 Å². The number of guanidine groups is 1. The lowest BCUT2D eigenvalue weighted by molar-refractivity contribution is -0.113. The number of fused-ring (bicyclic) bond motifs is 1. The first-order valence-corrected chi connectivity index (χ1v) is 11.5. The average Bonchev–Trinajstić information content (AvgIpc) is 3.44. The molecule has 172 valence electrons. The lowest BCUT2D eigenvalue weighted by Gasteiger charge is -2.26. The number of nitrogens with zero attached hydrogens (tertiary/aromatic N) is 3. The summed E-state index contributed by atoms with van der Waals surface area (Å²) < 4.78 is 5.75. The molecule has 5 rings (SSSR count). The SMILES string of the molecule is CC1=C(C(=O)Nc2ncc(CO)s2)C(c2ccccc2Cl)N=C(Nc2nc3ccccc3o2)N1. The molecule has 11 heteroatoms. The van der Waals surface area contributed by atoms with E-state index in [2.05, 4.69) is 25.9 Å². The number of nitrogens with one attached hydrogen (secondary N) is 3. The number of benzene rings is 2. The second-order valence-electron chi connectivity index (χ2n) is 7.42. The molecular weight excluding hydrogens is 476 g/mol. The van der Waals surface area contributed by atoms with E-state index in [1.807, 2.05) is 42.5 Å². The summed E-state index contributed by atoms with van der Waals surface area (Å²) in [5.74, 6) is -0.0132. The molecule has 0 bridgehead atoms. The maximum Gasteiger partial charge on any atom is 0.302 e. The Morgan fingerprint density at radius 2 is 2.03 bits per heavy atom. The van der Waals surface area contributed by atoms with E-state index in [9.17, 15) is 9.90 Å². The average molecular weight is 495 g/mol. The van der Waals surface area contributed by atoms with Crippen molar-refractivity contribution in [2.75, 3.05) is 10.6 Å². The molecule has 0 spiro atoms. The van der Waals surface area contributed by atoms with Crippen LogP contribution in [-0.4, -0.2) is 26.9 Å². The van der Waals surface area contributed by atoms with Crippen LogP contribution < -0.4 is 16.0 Å². The maximum absolute atomic E-state index is 13.3. The lowest BCUT2D eigenvalue weighted by atomic mass is 9.95. The summed E-state index contributed by atoms with van der Waals surface area (Å²) in [5, 5.41) is 19.1. The van der Waals surface area contributed by atoms with Crippen molar-refractivity contribution in [3.05, 3.63) is 81.5 Å². The highest BCUT2D eigenvalue weighted by Gasteiger charge is 2.31. The number of halogens is 1. The Hall–Kier alpha value is -3.73. The Morgan fingerprint density at radius 3 is 2.79 bits per heavy atom. The van der Waals surface area contributed by atoms with Gasteiger partial charge in [-0.2, -0.15) is 4.98 Å². The van der Waals surface area contributed by atoms with Crippen LogP contribution in [0.15, 0.2) is 75.4 Å². The zero-order valence-corrected chi connectivity index (χ0v) is 19.4. The fourth-order valence-electron chi connectivity index (χ4n) is 3.59. The van der Waals surface area contributed by atoms with E-state index in [-0.39, 0.29) is 18.5 Å². The van der Waals surface area contributed by atoms with Gasteiger partial charge in [-0.1, -0.05) is 53.3 Å². The summed E-state index contributed by atoms with van der Waals surface area (Å²) in [4.78, 5) is 27.2. The molecule has 4 aromatic rings. The number of amides is 1. The Labute approximate surface area is 203 Å². The summed E-state index contributed by atoms with van der Waals surface area (Å²) in [6, 6.07) is 14.2. The number of aliphatic hydroxyl groups is 1. The van der Waals surface area contributed by atoms with Crippen molar-refractivity contribution in [1.29, 1.82) is 0 Å². The minimum atomic E-state index is -0.695. The van der Waals surface area contributed by atoms with Crippen molar-refractivity contribution < 1.29 is 14.3 Å². The summed E-state index contributed by atoms with van der Waals surface area (Å²) in [6.45, 7) is 1.64. The number of hydrogen-bond acceptors (Lipinski definition) is 9. The molecule has 0 radical (unpaired) electrons. The zero-order chi connectivity index (χ0) is 23.7. The Bertz CT molecular complexity index is 1410. The minimum absolute atomic E-state index is 0.145. The fourth-order valence-corrected chi connectivity index (χ4v) is 4.49. The summed E-state index contributed by atoms with van der Waals surface area (Å²) >= 11 is 7.69. The van der Waals surface area contributed by atoms with E-state index in [4.69, 9.17) is 21.0 Å². The molecule has 2 aromatic carbocycles. The molecule has 4 N–H and O–H groups in total. The molecule has 9 nitrogen and oxygen atoms in total. The van der Waals surface area contributed by atoms with Crippen LogP contribution in [0.5, 0.6) is 0 Å². The largest absolute Gasteiger partial charge is 0.423 e. The molecule has 1 aliphatic rings. The first-order chi connectivity index (χ1) is 16.5. The highest BCUT2D eigenvalue weighted by molar-refractivity contribution is 7.15. The summed E-state index contributed by atoms with van der Waals surface area (Å²) in [5.41, 5.74) is 2.98. The van der Waals surface area contributed by atoms with Gasteiger partial charge in [-0.05, 0) is 25.1 Å². The van der Waals surface area contributed by atoms with Gasteiger partial charge in [0.2, 0.25) is 5.96 Å². The topological polar surface area (TPSA) is 125 Å². The number of hydrogen-bond donors (Lipinski definition) is 4. The molecule has 1 aliphatic heterocycles. The third kappa shape index (κ3) is 4.38. The first kappa shape index (κ1) is 22.1. The Morgan fingerprint density at radius 1 is 1.24 bits per heavy atom. The van der Waals surface area contributed by atoms with Gasteiger partial charge in [-0.15, -0.1) is 0 Å².